The molecule has 0 unspecified atom stereocenters. The van der Waals surface area contributed by atoms with Crippen molar-refractivity contribution in [3.63, 3.8) is 0 Å². The third kappa shape index (κ3) is 3.26. The second kappa shape index (κ2) is 7.41. The molecule has 1 aliphatic carbocycles. The van der Waals surface area contributed by atoms with Gasteiger partial charge >= 0.3 is 0 Å². The molecule has 5 nitrogen and oxygen atoms in total. The van der Waals surface area contributed by atoms with Crippen LogP contribution in [0.1, 0.15) is 36.8 Å². The van der Waals surface area contributed by atoms with E-state index in [9.17, 15) is 9.90 Å². The number of amides is 1. The molecule has 1 aromatic heterocycles. The van der Waals surface area contributed by atoms with Gasteiger partial charge in [-0.1, -0.05) is 24.6 Å². The van der Waals surface area contributed by atoms with Crippen LogP contribution in [0.5, 0.6) is 0 Å². The number of carbonyl (C=O) groups excluding carboxylic acids is 1. The highest BCUT2D eigenvalue weighted by molar-refractivity contribution is 5.86. The molecule has 2 fully saturated rings. The maximum absolute atomic E-state index is 12.9. The fraction of sp³-hybridized carbons (Fsp3) is 0.571. The van der Waals surface area contributed by atoms with Gasteiger partial charge in [0, 0.05) is 36.0 Å². The summed E-state index contributed by atoms with van der Waals surface area (Å²) in [4.78, 5) is 18.3. The SMILES string of the molecule is Cc1cccc2c(CCC(=O)N3CCOC[C@@H]3[C@@H]3CCC[C@H]3O)c[nH]c12. The highest BCUT2D eigenvalue weighted by Gasteiger charge is 2.39. The number of para-hydroxylation sites is 1. The summed E-state index contributed by atoms with van der Waals surface area (Å²) in [5, 5.41) is 11.5. The average Bonchev–Trinajstić information content (AvgIpc) is 3.26. The minimum Gasteiger partial charge on any atom is -0.393 e. The largest absolute Gasteiger partial charge is 0.393 e. The number of aliphatic hydroxyl groups is 1. The van der Waals surface area contributed by atoms with Gasteiger partial charge in [-0.25, -0.2) is 0 Å². The van der Waals surface area contributed by atoms with Gasteiger partial charge in [0.2, 0.25) is 5.91 Å². The predicted molar refractivity (Wildman–Crippen MR) is 101 cm³/mol. The lowest BCUT2D eigenvalue weighted by Crippen LogP contribution is -2.53. The Hall–Kier alpha value is -1.85. The molecule has 26 heavy (non-hydrogen) atoms. The lowest BCUT2D eigenvalue weighted by atomic mass is 9.93. The van der Waals surface area contributed by atoms with Crippen LogP contribution in [0.3, 0.4) is 0 Å². The van der Waals surface area contributed by atoms with Crippen LogP contribution < -0.4 is 0 Å². The summed E-state index contributed by atoms with van der Waals surface area (Å²) >= 11 is 0. The quantitative estimate of drug-likeness (QED) is 0.885. The Bertz CT molecular complexity index is 785. The van der Waals surface area contributed by atoms with E-state index in [4.69, 9.17) is 4.74 Å². The Morgan fingerprint density at radius 1 is 1.38 bits per heavy atom. The molecule has 3 atom stereocenters. The fourth-order valence-electron chi connectivity index (χ4n) is 4.66. The highest BCUT2D eigenvalue weighted by Crippen LogP contribution is 2.32. The Balaban J connectivity index is 1.45. The first-order valence-electron chi connectivity index (χ1n) is 9.76. The number of aromatic amines is 1. The summed E-state index contributed by atoms with van der Waals surface area (Å²) in [5.41, 5.74) is 3.58. The number of aryl methyl sites for hydroxylation is 2. The lowest BCUT2D eigenvalue weighted by Gasteiger charge is -2.40. The molecular formula is C21H28N2O3. The molecule has 4 rings (SSSR count). The van der Waals surface area contributed by atoms with E-state index in [0.717, 1.165) is 31.2 Å². The molecule has 1 saturated heterocycles. The van der Waals surface area contributed by atoms with Gasteiger partial charge in [0.1, 0.15) is 0 Å². The fourth-order valence-corrected chi connectivity index (χ4v) is 4.66. The van der Waals surface area contributed by atoms with Crippen molar-refractivity contribution >= 4 is 16.8 Å². The normalized spacial score (nSPS) is 26.5. The van der Waals surface area contributed by atoms with E-state index < -0.39 is 0 Å². The number of ether oxygens (including phenoxy) is 1. The van der Waals surface area contributed by atoms with Crippen molar-refractivity contribution in [1.29, 1.82) is 0 Å². The molecule has 1 saturated carbocycles. The van der Waals surface area contributed by atoms with Crippen LogP contribution in [0.15, 0.2) is 24.4 Å². The van der Waals surface area contributed by atoms with Crippen LogP contribution in [0.4, 0.5) is 0 Å². The van der Waals surface area contributed by atoms with Crippen LogP contribution >= 0.6 is 0 Å². The molecule has 0 spiro atoms. The van der Waals surface area contributed by atoms with Gasteiger partial charge in [-0.2, -0.15) is 0 Å². The minimum absolute atomic E-state index is 0.0268. The zero-order chi connectivity index (χ0) is 18.1. The number of aliphatic hydroxyl groups excluding tert-OH is 1. The molecule has 2 aliphatic rings. The standard InChI is InChI=1S/C21H28N2O3/c1-14-4-2-5-16-15(12-22-21(14)16)8-9-20(25)23-10-11-26-13-18(23)17-6-3-7-19(17)24/h2,4-5,12,17-19,22,24H,3,6-11,13H2,1H3/t17-,18+,19+/m0/s1. The number of aromatic nitrogens is 1. The first-order valence-corrected chi connectivity index (χ1v) is 9.76. The van der Waals surface area contributed by atoms with Crippen LogP contribution in [-0.2, 0) is 16.0 Å². The molecule has 2 heterocycles. The van der Waals surface area contributed by atoms with E-state index in [2.05, 4.69) is 30.1 Å². The number of hydrogen-bond donors (Lipinski definition) is 2. The summed E-state index contributed by atoms with van der Waals surface area (Å²) in [6.45, 7) is 3.88. The molecule has 1 aliphatic heterocycles. The van der Waals surface area contributed by atoms with Crippen LogP contribution in [0, 0.1) is 12.8 Å². The third-order valence-electron chi connectivity index (χ3n) is 6.13. The number of carbonyl (C=O) groups is 1. The predicted octanol–water partition coefficient (Wildman–Crippen LogP) is 2.80. The smallest absolute Gasteiger partial charge is 0.223 e. The number of nitrogens with zero attached hydrogens (tertiary/aromatic N) is 1. The van der Waals surface area contributed by atoms with Crippen LogP contribution in [0.2, 0.25) is 0 Å². The zero-order valence-corrected chi connectivity index (χ0v) is 15.4. The summed E-state index contributed by atoms with van der Waals surface area (Å²) < 4.78 is 5.63. The molecule has 5 heteroatoms. The van der Waals surface area contributed by atoms with Gasteiger partial charge in [-0.3, -0.25) is 4.79 Å². The molecule has 1 amide bonds. The van der Waals surface area contributed by atoms with Crippen LogP contribution in [-0.4, -0.2) is 52.8 Å². The summed E-state index contributed by atoms with van der Waals surface area (Å²) in [5.74, 6) is 0.342. The van der Waals surface area contributed by atoms with Gasteiger partial charge in [0.15, 0.2) is 0 Å². The molecule has 1 aromatic carbocycles. The van der Waals surface area contributed by atoms with Crippen molar-refractivity contribution < 1.29 is 14.6 Å². The number of H-pyrrole nitrogens is 1. The third-order valence-corrected chi connectivity index (χ3v) is 6.13. The van der Waals surface area contributed by atoms with E-state index in [1.165, 1.54) is 16.5 Å². The summed E-state index contributed by atoms with van der Waals surface area (Å²) in [7, 11) is 0. The molecule has 140 valence electrons. The number of rotatable bonds is 4. The number of hydrogen-bond acceptors (Lipinski definition) is 3. The Kier molecular flexibility index (Phi) is 5.00. The highest BCUT2D eigenvalue weighted by atomic mass is 16.5. The first-order chi connectivity index (χ1) is 12.6. The first kappa shape index (κ1) is 17.6. The number of nitrogens with one attached hydrogen (secondary N) is 1. The Labute approximate surface area is 154 Å². The van der Waals surface area contributed by atoms with Crippen LogP contribution in [0.25, 0.3) is 10.9 Å². The van der Waals surface area contributed by atoms with E-state index in [1.54, 1.807) is 0 Å². The van der Waals surface area contributed by atoms with Crippen molar-refractivity contribution in [1.82, 2.24) is 9.88 Å². The van der Waals surface area contributed by atoms with Gasteiger partial charge in [0.25, 0.3) is 0 Å². The Morgan fingerprint density at radius 2 is 2.27 bits per heavy atom. The second-order valence-electron chi connectivity index (χ2n) is 7.70. The number of morpholine rings is 1. The molecule has 0 radical (unpaired) electrons. The van der Waals surface area contributed by atoms with Gasteiger partial charge in [0.05, 0.1) is 25.4 Å². The Morgan fingerprint density at radius 3 is 3.08 bits per heavy atom. The average molecular weight is 356 g/mol. The number of benzene rings is 1. The lowest BCUT2D eigenvalue weighted by molar-refractivity contribution is -0.143. The van der Waals surface area contributed by atoms with Crippen molar-refractivity contribution in [3.05, 3.63) is 35.5 Å². The van der Waals surface area contributed by atoms with Gasteiger partial charge < -0.3 is 19.7 Å². The van der Waals surface area contributed by atoms with Crippen molar-refractivity contribution in [2.75, 3.05) is 19.8 Å². The topological polar surface area (TPSA) is 65.6 Å². The summed E-state index contributed by atoms with van der Waals surface area (Å²) in [6.07, 6.45) is 5.84. The second-order valence-corrected chi connectivity index (χ2v) is 7.70. The molecular weight excluding hydrogens is 328 g/mol. The van der Waals surface area contributed by atoms with Gasteiger partial charge in [-0.05, 0) is 37.3 Å². The zero-order valence-electron chi connectivity index (χ0n) is 15.4. The maximum Gasteiger partial charge on any atom is 0.223 e. The summed E-state index contributed by atoms with van der Waals surface area (Å²) in [6, 6.07) is 6.30. The van der Waals surface area contributed by atoms with Gasteiger partial charge in [-0.15, -0.1) is 0 Å². The van der Waals surface area contributed by atoms with E-state index in [-0.39, 0.29) is 24.0 Å². The van der Waals surface area contributed by atoms with E-state index in [1.807, 2.05) is 11.1 Å². The van der Waals surface area contributed by atoms with E-state index >= 15 is 0 Å². The maximum atomic E-state index is 12.9. The number of fused-ring (bicyclic) bond motifs is 1. The van der Waals surface area contributed by atoms with Crippen molar-refractivity contribution in [2.24, 2.45) is 5.92 Å². The molecule has 2 aromatic rings. The van der Waals surface area contributed by atoms with Crippen molar-refractivity contribution in [3.8, 4) is 0 Å². The molecule has 0 bridgehead atoms. The molecule has 2 N–H and O–H groups in total. The minimum atomic E-state index is -0.298. The van der Waals surface area contributed by atoms with Crippen molar-refractivity contribution in [2.45, 2.75) is 51.2 Å². The van der Waals surface area contributed by atoms with E-state index in [0.29, 0.717) is 26.2 Å². The monoisotopic (exact) mass is 356 g/mol.